The van der Waals surface area contributed by atoms with Crippen LogP contribution < -0.4 is 4.74 Å². The second kappa shape index (κ2) is 15.0. The second-order valence-corrected chi connectivity index (χ2v) is 8.32. The van der Waals surface area contributed by atoms with Crippen molar-refractivity contribution in [1.29, 1.82) is 0 Å². The van der Waals surface area contributed by atoms with Gasteiger partial charge in [0, 0.05) is 11.8 Å². The molecular formula is C27H40FNO. The number of aryl methyl sites for hydroxylation is 1. The largest absolute Gasteiger partial charge is 0.494 e. The van der Waals surface area contributed by atoms with Crippen molar-refractivity contribution < 1.29 is 9.13 Å². The minimum absolute atomic E-state index is 0.593. The molecule has 0 amide bonds. The zero-order valence-electron chi connectivity index (χ0n) is 19.0. The Hall–Kier alpha value is -1.90. The van der Waals surface area contributed by atoms with Gasteiger partial charge in [-0.1, -0.05) is 71.3 Å². The van der Waals surface area contributed by atoms with Gasteiger partial charge < -0.3 is 4.74 Å². The van der Waals surface area contributed by atoms with Crippen molar-refractivity contribution in [3.8, 4) is 17.0 Å². The van der Waals surface area contributed by atoms with Crippen molar-refractivity contribution in [2.75, 3.05) is 6.61 Å². The first-order valence-corrected chi connectivity index (χ1v) is 12.0. The molecule has 0 spiro atoms. The summed E-state index contributed by atoms with van der Waals surface area (Å²) in [5.74, 6) is 0.918. The first-order valence-electron chi connectivity index (χ1n) is 12.0. The van der Waals surface area contributed by atoms with Crippen molar-refractivity contribution >= 4 is 0 Å². The number of pyridine rings is 1. The van der Waals surface area contributed by atoms with E-state index in [9.17, 15) is 4.39 Å². The lowest BCUT2D eigenvalue weighted by Crippen LogP contribution is -2.02. The van der Waals surface area contributed by atoms with E-state index in [1.807, 2.05) is 24.4 Å². The molecule has 2 nitrogen and oxygen atoms in total. The quantitative estimate of drug-likeness (QED) is 0.258. The fourth-order valence-electron chi connectivity index (χ4n) is 3.62. The molecule has 30 heavy (non-hydrogen) atoms. The Labute approximate surface area is 183 Å². The smallest absolute Gasteiger partial charge is 0.119 e. The number of benzene rings is 1. The van der Waals surface area contributed by atoms with E-state index in [1.54, 1.807) is 0 Å². The van der Waals surface area contributed by atoms with Gasteiger partial charge in [0.05, 0.1) is 12.3 Å². The number of ether oxygens (including phenoxy) is 1. The SMILES string of the molecule is CCCCCCCCOc1ccc(-c2ccc(CCC(F)CCCCC)cn2)cc1. The molecular weight excluding hydrogens is 373 g/mol. The van der Waals surface area contributed by atoms with E-state index >= 15 is 0 Å². The molecule has 0 N–H and O–H groups in total. The van der Waals surface area contributed by atoms with Gasteiger partial charge in [0.2, 0.25) is 0 Å². The van der Waals surface area contributed by atoms with Crippen LogP contribution in [-0.2, 0) is 6.42 Å². The molecule has 2 aromatic rings. The van der Waals surface area contributed by atoms with Gasteiger partial charge >= 0.3 is 0 Å². The molecule has 0 saturated heterocycles. The Balaban J connectivity index is 1.71. The minimum atomic E-state index is -0.694. The van der Waals surface area contributed by atoms with Crippen molar-refractivity contribution in [3.63, 3.8) is 0 Å². The molecule has 0 radical (unpaired) electrons. The summed E-state index contributed by atoms with van der Waals surface area (Å²) in [6, 6.07) is 12.3. The van der Waals surface area contributed by atoms with Gasteiger partial charge in [-0.3, -0.25) is 4.98 Å². The lowest BCUT2D eigenvalue weighted by Gasteiger charge is -2.09. The molecule has 0 aliphatic rings. The third-order valence-electron chi connectivity index (χ3n) is 5.61. The average molecular weight is 414 g/mol. The Kier molecular flexibility index (Phi) is 12.2. The number of hydrogen-bond donors (Lipinski definition) is 0. The Morgan fingerprint density at radius 2 is 1.50 bits per heavy atom. The van der Waals surface area contributed by atoms with Crippen molar-refractivity contribution in [3.05, 3.63) is 48.2 Å². The van der Waals surface area contributed by atoms with Crippen LogP contribution >= 0.6 is 0 Å². The Morgan fingerprint density at radius 1 is 0.800 bits per heavy atom. The van der Waals surface area contributed by atoms with Crippen molar-refractivity contribution in [2.45, 2.75) is 97.1 Å². The zero-order valence-corrected chi connectivity index (χ0v) is 19.0. The van der Waals surface area contributed by atoms with E-state index in [-0.39, 0.29) is 0 Å². The third kappa shape index (κ3) is 9.73. The van der Waals surface area contributed by atoms with E-state index in [2.05, 4.69) is 37.0 Å². The van der Waals surface area contributed by atoms with E-state index in [0.717, 1.165) is 61.3 Å². The fraction of sp³-hybridized carbons (Fsp3) is 0.593. The van der Waals surface area contributed by atoms with Gasteiger partial charge in [0.15, 0.2) is 0 Å². The van der Waals surface area contributed by atoms with Crippen molar-refractivity contribution in [1.82, 2.24) is 4.98 Å². The summed E-state index contributed by atoms with van der Waals surface area (Å²) >= 11 is 0. The van der Waals surface area contributed by atoms with E-state index in [1.165, 1.54) is 32.1 Å². The summed E-state index contributed by atoms with van der Waals surface area (Å²) in [5.41, 5.74) is 3.13. The van der Waals surface area contributed by atoms with Crippen LogP contribution in [0.3, 0.4) is 0 Å². The topological polar surface area (TPSA) is 22.1 Å². The molecule has 1 heterocycles. The first-order chi connectivity index (χ1) is 14.7. The van der Waals surface area contributed by atoms with Crippen molar-refractivity contribution in [2.24, 2.45) is 0 Å². The fourth-order valence-corrected chi connectivity index (χ4v) is 3.62. The number of halogens is 1. The number of nitrogens with zero attached hydrogens (tertiary/aromatic N) is 1. The highest BCUT2D eigenvalue weighted by molar-refractivity contribution is 5.60. The molecule has 1 atom stereocenters. The predicted molar refractivity (Wildman–Crippen MR) is 126 cm³/mol. The van der Waals surface area contributed by atoms with Crippen LogP contribution in [0.25, 0.3) is 11.3 Å². The summed E-state index contributed by atoms with van der Waals surface area (Å²) in [6.45, 7) is 5.18. The lowest BCUT2D eigenvalue weighted by molar-refractivity contribution is 0.288. The van der Waals surface area contributed by atoms with Crippen LogP contribution in [0.4, 0.5) is 4.39 Å². The molecule has 166 valence electrons. The van der Waals surface area contributed by atoms with Crippen LogP contribution in [-0.4, -0.2) is 17.8 Å². The molecule has 0 aliphatic heterocycles. The minimum Gasteiger partial charge on any atom is -0.494 e. The van der Waals surface area contributed by atoms with Crippen LogP contribution in [0.1, 0.15) is 90.0 Å². The van der Waals surface area contributed by atoms with Gasteiger partial charge in [0.25, 0.3) is 0 Å². The summed E-state index contributed by atoms with van der Waals surface area (Å²) < 4.78 is 19.8. The normalized spacial score (nSPS) is 12.1. The Bertz CT molecular complexity index is 668. The van der Waals surface area contributed by atoms with E-state index in [4.69, 9.17) is 4.74 Å². The number of rotatable bonds is 16. The van der Waals surface area contributed by atoms with Crippen LogP contribution in [0.5, 0.6) is 5.75 Å². The standard InChI is InChI=1S/C27H40FNO/c1-3-5-7-8-9-11-21-30-26-18-15-24(16-19-26)27-20-14-23(22-29-27)13-17-25(28)12-10-6-4-2/h14-16,18-20,22,25H,3-13,17,21H2,1-2H3. The molecule has 1 aromatic heterocycles. The van der Waals surface area contributed by atoms with Gasteiger partial charge in [-0.05, 0) is 61.6 Å². The summed E-state index contributed by atoms with van der Waals surface area (Å²) in [5, 5.41) is 0. The molecule has 0 saturated carbocycles. The molecule has 2 rings (SSSR count). The van der Waals surface area contributed by atoms with Gasteiger partial charge in [-0.15, -0.1) is 0 Å². The van der Waals surface area contributed by atoms with Gasteiger partial charge in [-0.25, -0.2) is 4.39 Å². The monoisotopic (exact) mass is 413 g/mol. The molecule has 3 heteroatoms. The van der Waals surface area contributed by atoms with Gasteiger partial charge in [0.1, 0.15) is 11.9 Å². The number of alkyl halides is 1. The third-order valence-corrected chi connectivity index (χ3v) is 5.61. The van der Waals surface area contributed by atoms with Gasteiger partial charge in [-0.2, -0.15) is 0 Å². The molecule has 1 unspecified atom stereocenters. The molecule has 0 aliphatic carbocycles. The average Bonchev–Trinajstić information content (AvgIpc) is 2.78. The number of aromatic nitrogens is 1. The van der Waals surface area contributed by atoms with Crippen LogP contribution in [0.15, 0.2) is 42.6 Å². The highest BCUT2D eigenvalue weighted by atomic mass is 19.1. The highest BCUT2D eigenvalue weighted by Crippen LogP contribution is 2.22. The first kappa shape index (κ1) is 24.4. The summed E-state index contributed by atoms with van der Waals surface area (Å²) in [4.78, 5) is 4.58. The second-order valence-electron chi connectivity index (χ2n) is 8.32. The maximum absolute atomic E-state index is 13.9. The maximum Gasteiger partial charge on any atom is 0.119 e. The van der Waals surface area contributed by atoms with E-state index in [0.29, 0.717) is 12.8 Å². The zero-order chi connectivity index (χ0) is 21.4. The predicted octanol–water partition coefficient (Wildman–Crippen LogP) is 8.34. The molecule has 0 fully saturated rings. The number of hydrogen-bond acceptors (Lipinski definition) is 2. The summed E-state index contributed by atoms with van der Waals surface area (Å²) in [7, 11) is 0. The summed E-state index contributed by atoms with van der Waals surface area (Å²) in [6.07, 6.45) is 14.1. The highest BCUT2D eigenvalue weighted by Gasteiger charge is 2.07. The van der Waals surface area contributed by atoms with E-state index < -0.39 is 6.17 Å². The molecule has 0 bridgehead atoms. The van der Waals surface area contributed by atoms with Crippen LogP contribution in [0.2, 0.25) is 0 Å². The van der Waals surface area contributed by atoms with Crippen LogP contribution in [0, 0.1) is 0 Å². The number of unbranched alkanes of at least 4 members (excludes halogenated alkanes) is 7. The maximum atomic E-state index is 13.9. The Morgan fingerprint density at radius 3 is 2.20 bits per heavy atom. The lowest BCUT2D eigenvalue weighted by atomic mass is 10.0. The molecule has 1 aromatic carbocycles.